The minimum Gasteiger partial charge on any atom is -0.489 e. The fraction of sp³-hybridized carbons (Fsp3) is 0.647. The van der Waals surface area contributed by atoms with Gasteiger partial charge in [-0.3, -0.25) is 0 Å². The fourth-order valence-electron chi connectivity index (χ4n) is 2.99. The van der Waals surface area contributed by atoms with Crippen molar-refractivity contribution < 1.29 is 9.47 Å². The first kappa shape index (κ1) is 15.2. The summed E-state index contributed by atoms with van der Waals surface area (Å²) in [5.74, 6) is 2.52. The molecule has 1 aromatic rings. The smallest absolute Gasteiger partial charge is 0.175 e. The number of hydrogen-bond donors (Lipinski definition) is 1. The van der Waals surface area contributed by atoms with Crippen molar-refractivity contribution in [3.63, 3.8) is 0 Å². The lowest BCUT2D eigenvalue weighted by Gasteiger charge is -2.23. The largest absolute Gasteiger partial charge is 0.489 e. The third-order valence-corrected chi connectivity index (χ3v) is 4.87. The number of piperidine rings is 1. The Hall–Kier alpha value is -0.740. The maximum atomic E-state index is 6.01. The normalized spacial score (nSPS) is 21.9. The van der Waals surface area contributed by atoms with Crippen LogP contribution in [-0.2, 0) is 6.42 Å². The molecule has 1 aromatic carbocycles. The molecule has 0 aromatic heterocycles. The number of halogens is 1. The average Bonchev–Trinajstić information content (AvgIpc) is 2.60. The molecule has 0 aliphatic carbocycles. The van der Waals surface area contributed by atoms with E-state index in [1.165, 1.54) is 18.4 Å². The van der Waals surface area contributed by atoms with Crippen LogP contribution in [0.15, 0.2) is 16.6 Å². The Labute approximate surface area is 135 Å². The lowest BCUT2D eigenvalue weighted by atomic mass is 9.91. The number of benzene rings is 1. The van der Waals surface area contributed by atoms with Crippen LogP contribution in [0.3, 0.4) is 0 Å². The van der Waals surface area contributed by atoms with Gasteiger partial charge in [0.2, 0.25) is 0 Å². The van der Waals surface area contributed by atoms with E-state index in [2.05, 4.69) is 47.2 Å². The van der Waals surface area contributed by atoms with Crippen LogP contribution < -0.4 is 14.8 Å². The molecule has 3 rings (SSSR count). The molecule has 0 amide bonds. The summed E-state index contributed by atoms with van der Waals surface area (Å²) >= 11 is 3.65. The first-order valence-electron chi connectivity index (χ1n) is 7.82. The predicted octanol–water partition coefficient (Wildman–Crippen LogP) is 3.79. The molecule has 2 aliphatic heterocycles. The van der Waals surface area contributed by atoms with E-state index < -0.39 is 0 Å². The molecule has 1 saturated heterocycles. The van der Waals surface area contributed by atoms with Gasteiger partial charge in [0.25, 0.3) is 0 Å². The van der Waals surface area contributed by atoms with Crippen LogP contribution in [0, 0.1) is 11.3 Å². The van der Waals surface area contributed by atoms with Gasteiger partial charge in [-0.1, -0.05) is 13.8 Å². The number of fused-ring (bicyclic) bond motifs is 1. The summed E-state index contributed by atoms with van der Waals surface area (Å²) in [5.41, 5.74) is 1.39. The van der Waals surface area contributed by atoms with E-state index in [-0.39, 0.29) is 5.41 Å². The van der Waals surface area contributed by atoms with Crippen molar-refractivity contribution in [3.8, 4) is 11.5 Å². The summed E-state index contributed by atoms with van der Waals surface area (Å²) < 4.78 is 13.0. The Bertz CT molecular complexity index is 510. The SMILES string of the molecule is CC1(C)COc2cc(CC3CCNCC3)cc(Br)c2OC1. The highest BCUT2D eigenvalue weighted by atomic mass is 79.9. The Kier molecular flexibility index (Phi) is 4.46. The Balaban J connectivity index is 1.79. The first-order valence-corrected chi connectivity index (χ1v) is 8.61. The van der Waals surface area contributed by atoms with E-state index in [0.717, 1.165) is 41.4 Å². The molecular formula is C17H24BrNO2. The molecule has 1 N–H and O–H groups in total. The van der Waals surface area contributed by atoms with Gasteiger partial charge < -0.3 is 14.8 Å². The molecule has 2 heterocycles. The molecule has 0 radical (unpaired) electrons. The Morgan fingerprint density at radius 3 is 2.67 bits per heavy atom. The van der Waals surface area contributed by atoms with E-state index in [1.807, 2.05) is 0 Å². The molecule has 0 bridgehead atoms. The number of ether oxygens (including phenoxy) is 2. The van der Waals surface area contributed by atoms with Crippen molar-refractivity contribution in [3.05, 3.63) is 22.2 Å². The quantitative estimate of drug-likeness (QED) is 0.877. The topological polar surface area (TPSA) is 30.5 Å². The standard InChI is InChI=1S/C17H24BrNO2/c1-17(2)10-20-15-9-13(7-12-3-5-19-6-4-12)8-14(18)16(15)21-11-17/h8-9,12,19H,3-7,10-11H2,1-2H3. The highest BCUT2D eigenvalue weighted by molar-refractivity contribution is 9.10. The average molecular weight is 354 g/mol. The van der Waals surface area contributed by atoms with Crippen molar-refractivity contribution in [2.75, 3.05) is 26.3 Å². The summed E-state index contributed by atoms with van der Waals surface area (Å²) in [6.07, 6.45) is 3.65. The van der Waals surface area contributed by atoms with Crippen LogP contribution in [0.5, 0.6) is 11.5 Å². The molecule has 4 heteroatoms. The second-order valence-electron chi connectivity index (χ2n) is 7.04. The van der Waals surface area contributed by atoms with E-state index in [0.29, 0.717) is 13.2 Å². The van der Waals surface area contributed by atoms with Gasteiger partial charge in [-0.05, 0) is 71.9 Å². The molecular weight excluding hydrogens is 330 g/mol. The second-order valence-corrected chi connectivity index (χ2v) is 7.90. The van der Waals surface area contributed by atoms with Crippen molar-refractivity contribution in [1.82, 2.24) is 5.32 Å². The van der Waals surface area contributed by atoms with Crippen molar-refractivity contribution in [2.24, 2.45) is 11.3 Å². The molecule has 1 fully saturated rings. The van der Waals surface area contributed by atoms with Crippen LogP contribution in [-0.4, -0.2) is 26.3 Å². The third-order valence-electron chi connectivity index (χ3n) is 4.28. The van der Waals surface area contributed by atoms with Crippen LogP contribution in [0.2, 0.25) is 0 Å². The molecule has 116 valence electrons. The van der Waals surface area contributed by atoms with Gasteiger partial charge in [0.15, 0.2) is 11.5 Å². The number of hydrogen-bond acceptors (Lipinski definition) is 3. The minimum absolute atomic E-state index is 0.0493. The van der Waals surface area contributed by atoms with E-state index in [9.17, 15) is 0 Å². The van der Waals surface area contributed by atoms with Crippen LogP contribution >= 0.6 is 15.9 Å². The van der Waals surface area contributed by atoms with E-state index in [4.69, 9.17) is 9.47 Å². The molecule has 2 aliphatic rings. The van der Waals surface area contributed by atoms with Crippen LogP contribution in [0.25, 0.3) is 0 Å². The zero-order chi connectivity index (χ0) is 14.9. The summed E-state index contributed by atoms with van der Waals surface area (Å²) in [7, 11) is 0. The third kappa shape index (κ3) is 3.72. The Morgan fingerprint density at radius 1 is 1.19 bits per heavy atom. The zero-order valence-corrected chi connectivity index (χ0v) is 14.5. The van der Waals surface area contributed by atoms with Crippen molar-refractivity contribution in [1.29, 1.82) is 0 Å². The fourth-order valence-corrected chi connectivity index (χ4v) is 3.59. The van der Waals surface area contributed by atoms with Gasteiger partial charge in [0.1, 0.15) is 0 Å². The van der Waals surface area contributed by atoms with Gasteiger partial charge in [-0.15, -0.1) is 0 Å². The van der Waals surface area contributed by atoms with Crippen molar-refractivity contribution in [2.45, 2.75) is 33.1 Å². The molecule has 0 saturated carbocycles. The van der Waals surface area contributed by atoms with E-state index >= 15 is 0 Å². The van der Waals surface area contributed by atoms with Crippen molar-refractivity contribution >= 4 is 15.9 Å². The zero-order valence-electron chi connectivity index (χ0n) is 12.9. The summed E-state index contributed by atoms with van der Waals surface area (Å²) in [6.45, 7) is 8.01. The van der Waals surface area contributed by atoms with Gasteiger partial charge in [0.05, 0.1) is 17.7 Å². The molecule has 3 nitrogen and oxygen atoms in total. The Morgan fingerprint density at radius 2 is 1.90 bits per heavy atom. The van der Waals surface area contributed by atoms with Gasteiger partial charge in [-0.25, -0.2) is 0 Å². The lowest BCUT2D eigenvalue weighted by Crippen LogP contribution is -2.28. The molecule has 0 atom stereocenters. The van der Waals surface area contributed by atoms with Crippen LogP contribution in [0.4, 0.5) is 0 Å². The predicted molar refractivity (Wildman–Crippen MR) is 88.2 cm³/mol. The van der Waals surface area contributed by atoms with Gasteiger partial charge in [0, 0.05) is 5.41 Å². The highest BCUT2D eigenvalue weighted by Gasteiger charge is 2.27. The first-order chi connectivity index (χ1) is 10.0. The van der Waals surface area contributed by atoms with Gasteiger partial charge in [-0.2, -0.15) is 0 Å². The minimum atomic E-state index is 0.0493. The molecule has 0 spiro atoms. The maximum absolute atomic E-state index is 6.01. The number of nitrogens with one attached hydrogen (secondary N) is 1. The summed E-state index contributed by atoms with van der Waals surface area (Å²) in [6, 6.07) is 4.37. The monoisotopic (exact) mass is 353 g/mol. The van der Waals surface area contributed by atoms with Gasteiger partial charge >= 0.3 is 0 Å². The molecule has 21 heavy (non-hydrogen) atoms. The highest BCUT2D eigenvalue weighted by Crippen LogP contribution is 2.41. The summed E-state index contributed by atoms with van der Waals surface area (Å²) in [4.78, 5) is 0. The maximum Gasteiger partial charge on any atom is 0.175 e. The van der Waals surface area contributed by atoms with Crippen LogP contribution in [0.1, 0.15) is 32.3 Å². The molecule has 0 unspecified atom stereocenters. The number of rotatable bonds is 2. The lowest BCUT2D eigenvalue weighted by molar-refractivity contribution is 0.140. The second kappa shape index (κ2) is 6.17. The van der Waals surface area contributed by atoms with E-state index in [1.54, 1.807) is 0 Å². The summed E-state index contributed by atoms with van der Waals surface area (Å²) in [5, 5.41) is 3.43.